The lowest BCUT2D eigenvalue weighted by atomic mass is 10.1. The van der Waals surface area contributed by atoms with Gasteiger partial charge >= 0.3 is 0 Å². The van der Waals surface area contributed by atoms with Crippen LogP contribution in [0.1, 0.15) is 49.7 Å². The summed E-state index contributed by atoms with van der Waals surface area (Å²) in [4.78, 5) is 8.64. The summed E-state index contributed by atoms with van der Waals surface area (Å²) in [5.74, 6) is 1.45. The number of aromatic nitrogens is 2. The van der Waals surface area contributed by atoms with Gasteiger partial charge in [-0.1, -0.05) is 55.5 Å². The average Bonchev–Trinajstić information content (AvgIpc) is 2.86. The first-order valence-corrected chi connectivity index (χ1v) is 8.89. The first-order chi connectivity index (χ1) is 11.7. The largest absolute Gasteiger partial charge is 0.393 e. The molecule has 1 aliphatic carbocycles. The van der Waals surface area contributed by atoms with Crippen LogP contribution in [-0.4, -0.2) is 16.0 Å². The van der Waals surface area contributed by atoms with Crippen molar-refractivity contribution in [2.24, 2.45) is 0 Å². The molecule has 5 nitrogen and oxygen atoms in total. The Balaban J connectivity index is 1.64. The number of benzene rings is 1. The van der Waals surface area contributed by atoms with Gasteiger partial charge < -0.3 is 16.4 Å². The Morgan fingerprint density at radius 2 is 1.67 bits per heavy atom. The second-order valence-electron chi connectivity index (χ2n) is 6.66. The first-order valence-electron chi connectivity index (χ1n) is 8.89. The fourth-order valence-electron chi connectivity index (χ4n) is 3.16. The second-order valence-corrected chi connectivity index (χ2v) is 6.66. The quantitative estimate of drug-likeness (QED) is 0.721. The van der Waals surface area contributed by atoms with Crippen LogP contribution in [0.5, 0.6) is 0 Å². The fourth-order valence-corrected chi connectivity index (χ4v) is 3.16. The highest BCUT2D eigenvalue weighted by Gasteiger charge is 2.15. The predicted octanol–water partition coefficient (Wildman–Crippen LogP) is 4.11. The van der Waals surface area contributed by atoms with Crippen molar-refractivity contribution in [2.75, 3.05) is 16.4 Å². The molecule has 0 aliphatic heterocycles. The van der Waals surface area contributed by atoms with E-state index in [2.05, 4.69) is 51.8 Å². The Morgan fingerprint density at radius 3 is 2.38 bits per heavy atom. The van der Waals surface area contributed by atoms with Gasteiger partial charge in [-0.15, -0.1) is 0 Å². The Kier molecular flexibility index (Phi) is 5.51. The zero-order chi connectivity index (χ0) is 16.8. The minimum Gasteiger partial charge on any atom is -0.393 e. The maximum atomic E-state index is 6.28. The highest BCUT2D eigenvalue weighted by atomic mass is 15.1. The van der Waals surface area contributed by atoms with Crippen molar-refractivity contribution in [3.63, 3.8) is 0 Å². The molecule has 3 rings (SSSR count). The standard InChI is InChI=1S/C19H27N5/c1-14-8-10-15(11-9-14)12-21-18-17(20)19(23-13-22-18)24-16-6-4-2-3-5-7-16/h8-11,13,16H,2-7,12,20H2,1H3,(H2,21,22,23,24). The van der Waals surface area contributed by atoms with E-state index in [9.17, 15) is 0 Å². The monoisotopic (exact) mass is 325 g/mol. The third-order valence-electron chi connectivity index (χ3n) is 4.66. The SMILES string of the molecule is Cc1ccc(CNc2ncnc(NC3CCCCCC3)c2N)cc1. The summed E-state index contributed by atoms with van der Waals surface area (Å²) in [6.07, 6.45) is 9.18. The molecule has 0 radical (unpaired) electrons. The van der Waals surface area contributed by atoms with Gasteiger partial charge in [0, 0.05) is 12.6 Å². The summed E-state index contributed by atoms with van der Waals surface area (Å²) in [5.41, 5.74) is 9.35. The van der Waals surface area contributed by atoms with Crippen molar-refractivity contribution < 1.29 is 0 Å². The smallest absolute Gasteiger partial charge is 0.155 e. The van der Waals surface area contributed by atoms with E-state index in [1.165, 1.54) is 49.7 Å². The lowest BCUT2D eigenvalue weighted by Gasteiger charge is -2.19. The minimum atomic E-state index is 0.467. The van der Waals surface area contributed by atoms with Crippen molar-refractivity contribution in [1.29, 1.82) is 0 Å². The summed E-state index contributed by atoms with van der Waals surface area (Å²) in [6, 6.07) is 8.92. The number of rotatable bonds is 5. The van der Waals surface area contributed by atoms with Crippen molar-refractivity contribution >= 4 is 17.3 Å². The average molecular weight is 325 g/mol. The van der Waals surface area contributed by atoms with Crippen LogP contribution in [0.2, 0.25) is 0 Å². The van der Waals surface area contributed by atoms with Gasteiger partial charge in [-0.2, -0.15) is 0 Å². The number of hydrogen-bond acceptors (Lipinski definition) is 5. The number of nitrogens with zero attached hydrogens (tertiary/aromatic N) is 2. The number of nitrogens with two attached hydrogens (primary N) is 1. The van der Waals surface area contributed by atoms with E-state index in [0.29, 0.717) is 24.1 Å². The van der Waals surface area contributed by atoms with E-state index < -0.39 is 0 Å². The van der Waals surface area contributed by atoms with E-state index in [-0.39, 0.29) is 0 Å². The van der Waals surface area contributed by atoms with E-state index in [1.807, 2.05) is 0 Å². The van der Waals surface area contributed by atoms with Crippen LogP contribution in [-0.2, 0) is 6.54 Å². The van der Waals surface area contributed by atoms with Crippen LogP contribution >= 0.6 is 0 Å². The summed E-state index contributed by atoms with van der Waals surface area (Å²) in [6.45, 7) is 2.79. The highest BCUT2D eigenvalue weighted by Crippen LogP contribution is 2.26. The molecule has 128 valence electrons. The molecule has 0 unspecified atom stereocenters. The number of nitrogens with one attached hydrogen (secondary N) is 2. The molecule has 0 saturated heterocycles. The minimum absolute atomic E-state index is 0.467. The summed E-state index contributed by atoms with van der Waals surface area (Å²) in [7, 11) is 0. The Bertz CT molecular complexity index is 645. The van der Waals surface area contributed by atoms with E-state index in [0.717, 1.165) is 5.82 Å². The first kappa shape index (κ1) is 16.6. The van der Waals surface area contributed by atoms with Gasteiger partial charge in [-0.3, -0.25) is 0 Å². The van der Waals surface area contributed by atoms with Crippen molar-refractivity contribution in [3.05, 3.63) is 41.7 Å². The Morgan fingerprint density at radius 1 is 1.00 bits per heavy atom. The van der Waals surface area contributed by atoms with Crippen LogP contribution in [0.4, 0.5) is 17.3 Å². The maximum Gasteiger partial charge on any atom is 0.155 e. The molecule has 1 aromatic heterocycles. The molecule has 1 aromatic carbocycles. The number of aryl methyl sites for hydroxylation is 1. The van der Waals surface area contributed by atoms with Crippen LogP contribution in [0, 0.1) is 6.92 Å². The number of nitrogen functional groups attached to an aromatic ring is 1. The van der Waals surface area contributed by atoms with Gasteiger partial charge in [-0.05, 0) is 25.3 Å². The Hall–Kier alpha value is -2.30. The van der Waals surface area contributed by atoms with Crippen molar-refractivity contribution in [1.82, 2.24) is 9.97 Å². The molecular weight excluding hydrogens is 298 g/mol. The molecule has 4 N–H and O–H groups in total. The molecule has 0 bridgehead atoms. The molecule has 5 heteroatoms. The molecule has 1 heterocycles. The van der Waals surface area contributed by atoms with Crippen LogP contribution in [0.15, 0.2) is 30.6 Å². The zero-order valence-corrected chi connectivity index (χ0v) is 14.4. The number of hydrogen-bond donors (Lipinski definition) is 3. The summed E-state index contributed by atoms with van der Waals surface area (Å²) >= 11 is 0. The molecule has 1 saturated carbocycles. The zero-order valence-electron chi connectivity index (χ0n) is 14.4. The lowest BCUT2D eigenvalue weighted by Crippen LogP contribution is -2.20. The van der Waals surface area contributed by atoms with Crippen molar-refractivity contribution in [2.45, 2.75) is 58.0 Å². The molecule has 0 atom stereocenters. The molecule has 1 aliphatic rings. The number of anilines is 3. The molecular formula is C19H27N5. The topological polar surface area (TPSA) is 75.9 Å². The lowest BCUT2D eigenvalue weighted by molar-refractivity contribution is 0.618. The summed E-state index contributed by atoms with van der Waals surface area (Å²) in [5, 5.41) is 6.84. The fraction of sp³-hybridized carbons (Fsp3) is 0.474. The maximum absolute atomic E-state index is 6.28. The molecule has 0 spiro atoms. The van der Waals surface area contributed by atoms with Crippen LogP contribution in [0.25, 0.3) is 0 Å². The van der Waals surface area contributed by atoms with Gasteiger partial charge in [-0.25, -0.2) is 9.97 Å². The molecule has 0 amide bonds. The van der Waals surface area contributed by atoms with E-state index in [1.54, 1.807) is 6.33 Å². The second kappa shape index (κ2) is 7.99. The third-order valence-corrected chi connectivity index (χ3v) is 4.66. The van der Waals surface area contributed by atoms with E-state index in [4.69, 9.17) is 5.73 Å². The normalized spacial score (nSPS) is 15.7. The van der Waals surface area contributed by atoms with Gasteiger partial charge in [0.1, 0.15) is 12.0 Å². The molecule has 2 aromatic rings. The van der Waals surface area contributed by atoms with Gasteiger partial charge in [0.05, 0.1) is 0 Å². The predicted molar refractivity (Wildman–Crippen MR) is 100 cm³/mol. The van der Waals surface area contributed by atoms with Gasteiger partial charge in [0.2, 0.25) is 0 Å². The van der Waals surface area contributed by atoms with Crippen LogP contribution in [0.3, 0.4) is 0 Å². The summed E-state index contributed by atoms with van der Waals surface area (Å²) < 4.78 is 0. The molecule has 1 fully saturated rings. The highest BCUT2D eigenvalue weighted by molar-refractivity contribution is 5.74. The third kappa shape index (κ3) is 4.37. The Labute approximate surface area is 144 Å². The van der Waals surface area contributed by atoms with E-state index >= 15 is 0 Å². The van der Waals surface area contributed by atoms with Gasteiger partial charge in [0.15, 0.2) is 11.6 Å². The van der Waals surface area contributed by atoms with Crippen LogP contribution < -0.4 is 16.4 Å². The molecule has 24 heavy (non-hydrogen) atoms. The van der Waals surface area contributed by atoms with Crippen molar-refractivity contribution in [3.8, 4) is 0 Å². The van der Waals surface area contributed by atoms with Gasteiger partial charge in [0.25, 0.3) is 0 Å².